The molecule has 1 saturated carbocycles. The van der Waals surface area contributed by atoms with E-state index in [0.717, 1.165) is 42.9 Å². The Bertz CT molecular complexity index is 1440. The maximum atomic E-state index is 15.2. The van der Waals surface area contributed by atoms with Gasteiger partial charge in [-0.2, -0.15) is 0 Å². The molecule has 2 N–H and O–H groups in total. The third-order valence-corrected chi connectivity index (χ3v) is 8.55. The third-order valence-electron chi connectivity index (χ3n) is 8.24. The molecule has 2 heterocycles. The molecule has 0 bridgehead atoms. The molecule has 1 aromatic heterocycles. The fraction of sp³-hybridized carbons (Fsp3) is 0.452. The van der Waals surface area contributed by atoms with E-state index in [1.165, 1.54) is 6.07 Å². The maximum absolute atomic E-state index is 15.2. The van der Waals surface area contributed by atoms with Gasteiger partial charge in [-0.15, -0.1) is 0 Å². The first kappa shape index (κ1) is 29.2. The number of fused-ring (bicyclic) bond motifs is 1. The average molecular weight is 584 g/mol. The smallest absolute Gasteiger partial charge is 0.306 e. The number of carboxylic acid groups (broad SMARTS) is 1. The normalized spacial score (nSPS) is 20.3. The Morgan fingerprint density at radius 3 is 2.54 bits per heavy atom. The molecule has 10 heteroatoms. The lowest BCUT2D eigenvalue weighted by Crippen LogP contribution is -2.41. The molecule has 218 valence electrons. The Balaban J connectivity index is 1.23. The number of amides is 1. The molecule has 0 radical (unpaired) electrons. The minimum atomic E-state index is -0.769. The van der Waals surface area contributed by atoms with Gasteiger partial charge in [0.15, 0.2) is 0 Å². The molecule has 5 rings (SSSR count). The largest absolute Gasteiger partial charge is 0.481 e. The number of anilines is 1. The number of nitrogens with zero attached hydrogens (tertiary/aromatic N) is 2. The van der Waals surface area contributed by atoms with Gasteiger partial charge in [0.1, 0.15) is 17.8 Å². The van der Waals surface area contributed by atoms with E-state index in [-0.39, 0.29) is 46.9 Å². The number of para-hydroxylation sites is 1. The molecule has 1 atom stereocenters. The Hall–Kier alpha value is -3.27. The monoisotopic (exact) mass is 583 g/mol. The van der Waals surface area contributed by atoms with Crippen molar-refractivity contribution in [3.63, 3.8) is 0 Å². The van der Waals surface area contributed by atoms with Crippen molar-refractivity contribution >= 4 is 45.9 Å². The van der Waals surface area contributed by atoms with Gasteiger partial charge < -0.3 is 19.7 Å². The van der Waals surface area contributed by atoms with Gasteiger partial charge in [0, 0.05) is 50.1 Å². The highest BCUT2D eigenvalue weighted by atomic mass is 35.5. The summed E-state index contributed by atoms with van der Waals surface area (Å²) in [5.74, 6) is -2.32. The number of carbonyl (C=O) groups is 3. The van der Waals surface area contributed by atoms with Crippen molar-refractivity contribution < 1.29 is 28.6 Å². The van der Waals surface area contributed by atoms with Gasteiger partial charge in [0.05, 0.1) is 28.3 Å². The molecule has 2 fully saturated rings. The Kier molecular flexibility index (Phi) is 9.06. The number of carboxylic acids is 1. The second-order valence-corrected chi connectivity index (χ2v) is 11.5. The van der Waals surface area contributed by atoms with Crippen LogP contribution in [0.4, 0.5) is 10.1 Å². The van der Waals surface area contributed by atoms with Crippen LogP contribution in [0.2, 0.25) is 5.02 Å². The molecule has 1 unspecified atom stereocenters. The topological polar surface area (TPSA) is 101 Å². The van der Waals surface area contributed by atoms with Gasteiger partial charge in [0.2, 0.25) is 0 Å². The Labute approximate surface area is 243 Å². The van der Waals surface area contributed by atoms with E-state index in [9.17, 15) is 19.5 Å². The highest BCUT2D eigenvalue weighted by molar-refractivity contribution is 6.34. The number of halogens is 2. The van der Waals surface area contributed by atoms with E-state index in [1.807, 2.05) is 35.9 Å². The standard InChI is InChI=1S/C31H35ClFN3O5/c1-35-18-24(23-6-2-3-7-28(23)35)30(38)34-27-17-26(33)20(15-25(27)32)14-21(37)16-29(36-12-4-5-13-36)41-22-10-8-19(9-11-22)31(39)40/h2-3,6-7,15,17-19,22,29H,4-5,8-14,16H2,1H3,(H,34,38)(H,39,40). The SMILES string of the molecule is Cn1cc(C(=O)Nc2cc(F)c(CC(=O)CC(OC3CCC(C(=O)O)CC3)N3CCCC3)cc2Cl)c2ccccc21. The van der Waals surface area contributed by atoms with Gasteiger partial charge in [-0.25, -0.2) is 4.39 Å². The fourth-order valence-corrected chi connectivity index (χ4v) is 6.21. The van der Waals surface area contributed by atoms with Gasteiger partial charge in [-0.3, -0.25) is 19.3 Å². The molecule has 0 spiro atoms. The third kappa shape index (κ3) is 6.80. The summed E-state index contributed by atoms with van der Waals surface area (Å²) in [7, 11) is 1.85. The van der Waals surface area contributed by atoms with E-state index in [1.54, 1.807) is 6.20 Å². The summed E-state index contributed by atoms with van der Waals surface area (Å²) in [6.07, 6.45) is 5.62. The van der Waals surface area contributed by atoms with Gasteiger partial charge in [-0.1, -0.05) is 29.8 Å². The zero-order valence-electron chi connectivity index (χ0n) is 23.1. The summed E-state index contributed by atoms with van der Waals surface area (Å²) in [6.45, 7) is 1.65. The zero-order valence-corrected chi connectivity index (χ0v) is 23.8. The highest BCUT2D eigenvalue weighted by Gasteiger charge is 2.32. The number of hydrogen-bond acceptors (Lipinski definition) is 5. The molecule has 1 aliphatic carbocycles. The molecular formula is C31H35ClFN3O5. The zero-order chi connectivity index (χ0) is 29.1. The molecule has 1 amide bonds. The maximum Gasteiger partial charge on any atom is 0.306 e. The number of aromatic nitrogens is 1. The number of hydrogen-bond donors (Lipinski definition) is 2. The Morgan fingerprint density at radius 1 is 1.12 bits per heavy atom. The van der Waals surface area contributed by atoms with Crippen molar-refractivity contribution in [2.45, 2.75) is 63.7 Å². The lowest BCUT2D eigenvalue weighted by molar-refractivity contribution is -0.147. The van der Waals surface area contributed by atoms with Crippen LogP contribution in [0.25, 0.3) is 10.9 Å². The van der Waals surface area contributed by atoms with Crippen LogP contribution < -0.4 is 5.32 Å². The predicted molar refractivity (Wildman–Crippen MR) is 155 cm³/mol. The first-order chi connectivity index (χ1) is 19.7. The number of rotatable bonds is 10. The van der Waals surface area contributed by atoms with Crippen molar-refractivity contribution in [3.05, 3.63) is 64.6 Å². The van der Waals surface area contributed by atoms with E-state index >= 15 is 4.39 Å². The van der Waals surface area contributed by atoms with Crippen LogP contribution in [0.1, 0.15) is 60.9 Å². The second-order valence-electron chi connectivity index (χ2n) is 11.1. The van der Waals surface area contributed by atoms with Crippen LogP contribution in [0.5, 0.6) is 0 Å². The van der Waals surface area contributed by atoms with Crippen molar-refractivity contribution in [2.24, 2.45) is 13.0 Å². The average Bonchev–Trinajstić information content (AvgIpc) is 3.60. The van der Waals surface area contributed by atoms with E-state index in [2.05, 4.69) is 10.2 Å². The van der Waals surface area contributed by atoms with Crippen LogP contribution in [0, 0.1) is 11.7 Å². The summed E-state index contributed by atoms with van der Waals surface area (Å²) in [4.78, 5) is 39.6. The van der Waals surface area contributed by atoms with E-state index in [0.29, 0.717) is 31.2 Å². The number of carbonyl (C=O) groups excluding carboxylic acids is 2. The van der Waals surface area contributed by atoms with Crippen molar-refractivity contribution in [1.29, 1.82) is 0 Å². The minimum absolute atomic E-state index is 0.0974. The van der Waals surface area contributed by atoms with Gasteiger partial charge in [-0.05, 0) is 62.3 Å². The molecule has 2 aliphatic rings. The van der Waals surface area contributed by atoms with Crippen molar-refractivity contribution in [1.82, 2.24) is 9.47 Å². The molecular weight excluding hydrogens is 549 g/mol. The summed E-state index contributed by atoms with van der Waals surface area (Å²) in [5, 5.41) is 12.9. The number of ether oxygens (including phenoxy) is 1. The lowest BCUT2D eigenvalue weighted by Gasteiger charge is -2.34. The van der Waals surface area contributed by atoms with Crippen LogP contribution in [0.15, 0.2) is 42.6 Å². The second kappa shape index (κ2) is 12.7. The quantitative estimate of drug-likeness (QED) is 0.312. The Morgan fingerprint density at radius 2 is 1.83 bits per heavy atom. The summed E-state index contributed by atoms with van der Waals surface area (Å²) in [5.41, 5.74) is 1.63. The summed E-state index contributed by atoms with van der Waals surface area (Å²) in [6, 6.07) is 10.0. The predicted octanol–water partition coefficient (Wildman–Crippen LogP) is 5.81. The number of likely N-dealkylation sites (tertiary alicyclic amines) is 1. The highest BCUT2D eigenvalue weighted by Crippen LogP contribution is 2.31. The lowest BCUT2D eigenvalue weighted by atomic mass is 9.87. The molecule has 1 aliphatic heterocycles. The van der Waals surface area contributed by atoms with Crippen LogP contribution in [0.3, 0.4) is 0 Å². The van der Waals surface area contributed by atoms with Crippen LogP contribution in [-0.2, 0) is 27.8 Å². The number of ketones is 1. The number of aryl methyl sites for hydroxylation is 1. The fourth-order valence-electron chi connectivity index (χ4n) is 5.97. The van der Waals surface area contributed by atoms with Crippen LogP contribution in [-0.4, -0.2) is 57.7 Å². The number of aliphatic carboxylic acids is 1. The van der Waals surface area contributed by atoms with Crippen LogP contribution >= 0.6 is 11.6 Å². The summed E-state index contributed by atoms with van der Waals surface area (Å²) < 4.78 is 23.4. The molecule has 8 nitrogen and oxygen atoms in total. The first-order valence-corrected chi connectivity index (χ1v) is 14.5. The van der Waals surface area contributed by atoms with Crippen molar-refractivity contribution in [2.75, 3.05) is 18.4 Å². The number of nitrogens with one attached hydrogen (secondary N) is 1. The first-order valence-electron chi connectivity index (χ1n) is 14.2. The molecule has 3 aromatic rings. The summed E-state index contributed by atoms with van der Waals surface area (Å²) >= 11 is 6.44. The minimum Gasteiger partial charge on any atom is -0.481 e. The van der Waals surface area contributed by atoms with E-state index < -0.39 is 23.9 Å². The van der Waals surface area contributed by atoms with Crippen molar-refractivity contribution in [3.8, 4) is 0 Å². The molecule has 1 saturated heterocycles. The number of benzene rings is 2. The molecule has 41 heavy (non-hydrogen) atoms. The van der Waals surface area contributed by atoms with E-state index in [4.69, 9.17) is 16.3 Å². The van der Waals surface area contributed by atoms with Gasteiger partial charge in [0.25, 0.3) is 5.91 Å². The van der Waals surface area contributed by atoms with Gasteiger partial charge >= 0.3 is 5.97 Å². The number of Topliss-reactive ketones (excluding diaryl/α,β-unsaturated/α-hetero) is 1. The molecule has 2 aromatic carbocycles.